The van der Waals surface area contributed by atoms with Crippen molar-refractivity contribution in [2.24, 2.45) is 5.92 Å². The minimum atomic E-state index is 0.00795. The number of nitrogens with one attached hydrogen (secondary N) is 2. The molecule has 1 unspecified atom stereocenters. The number of anilines is 1. The lowest BCUT2D eigenvalue weighted by atomic mass is 10.00. The summed E-state index contributed by atoms with van der Waals surface area (Å²) in [6.45, 7) is 4.34. The molecule has 1 aliphatic heterocycles. The smallest absolute Gasteiger partial charge is 0.254 e. The van der Waals surface area contributed by atoms with Crippen LogP contribution in [0.25, 0.3) is 0 Å². The van der Waals surface area contributed by atoms with E-state index in [2.05, 4.69) is 41.8 Å². The molecule has 0 spiro atoms. The van der Waals surface area contributed by atoms with Gasteiger partial charge in [0.15, 0.2) is 0 Å². The molecule has 0 aromatic heterocycles. The highest BCUT2D eigenvalue weighted by molar-refractivity contribution is 5.98. The molecule has 1 heterocycles. The summed E-state index contributed by atoms with van der Waals surface area (Å²) in [4.78, 5) is 27.3. The summed E-state index contributed by atoms with van der Waals surface area (Å²) < 4.78 is 0. The number of amides is 2. The van der Waals surface area contributed by atoms with Gasteiger partial charge in [0, 0.05) is 36.8 Å². The third-order valence-electron chi connectivity index (χ3n) is 5.60. The Morgan fingerprint density at radius 1 is 1.14 bits per heavy atom. The second kappa shape index (κ2) is 8.15. The lowest BCUT2D eigenvalue weighted by Gasteiger charge is -2.36. The number of hydrogen-bond donors (Lipinski definition) is 2. The SMILES string of the molecule is CCc1ccc(C2CNCCN2C(=O)c2cccc(NC(=O)C3CC3)c2)cc1. The molecule has 4 rings (SSSR count). The first-order chi connectivity index (χ1) is 13.7. The number of hydrogen-bond acceptors (Lipinski definition) is 3. The molecule has 146 valence electrons. The van der Waals surface area contributed by atoms with E-state index in [1.165, 1.54) is 5.56 Å². The summed E-state index contributed by atoms with van der Waals surface area (Å²) in [5.41, 5.74) is 3.76. The van der Waals surface area contributed by atoms with Crippen molar-refractivity contribution in [1.29, 1.82) is 0 Å². The van der Waals surface area contributed by atoms with Crippen molar-refractivity contribution >= 4 is 17.5 Å². The Hall–Kier alpha value is -2.66. The number of benzene rings is 2. The second-order valence-electron chi connectivity index (χ2n) is 7.66. The van der Waals surface area contributed by atoms with Gasteiger partial charge in [0.25, 0.3) is 5.91 Å². The Bertz CT molecular complexity index is 858. The van der Waals surface area contributed by atoms with Crippen molar-refractivity contribution in [3.63, 3.8) is 0 Å². The molecule has 2 aromatic carbocycles. The Labute approximate surface area is 166 Å². The predicted molar refractivity (Wildman–Crippen MR) is 110 cm³/mol. The molecule has 2 aliphatic rings. The van der Waals surface area contributed by atoms with Gasteiger partial charge < -0.3 is 15.5 Å². The van der Waals surface area contributed by atoms with E-state index in [0.717, 1.165) is 37.9 Å². The van der Waals surface area contributed by atoms with Crippen LogP contribution in [-0.4, -0.2) is 36.3 Å². The maximum Gasteiger partial charge on any atom is 0.254 e. The van der Waals surface area contributed by atoms with Crippen molar-refractivity contribution < 1.29 is 9.59 Å². The maximum absolute atomic E-state index is 13.3. The van der Waals surface area contributed by atoms with Gasteiger partial charge in [-0.3, -0.25) is 9.59 Å². The fourth-order valence-corrected chi connectivity index (χ4v) is 3.71. The number of piperazine rings is 1. The molecular formula is C23H27N3O2. The molecule has 5 heteroatoms. The van der Waals surface area contributed by atoms with Crippen LogP contribution in [-0.2, 0) is 11.2 Å². The normalized spacial score (nSPS) is 19.3. The van der Waals surface area contributed by atoms with Crippen LogP contribution in [0.1, 0.15) is 47.3 Å². The average molecular weight is 377 g/mol. The lowest BCUT2D eigenvalue weighted by Crippen LogP contribution is -2.48. The quantitative estimate of drug-likeness (QED) is 0.840. The topological polar surface area (TPSA) is 61.4 Å². The summed E-state index contributed by atoms with van der Waals surface area (Å²) in [6, 6.07) is 15.8. The molecular weight excluding hydrogens is 350 g/mol. The average Bonchev–Trinajstić information content (AvgIpc) is 3.59. The Morgan fingerprint density at radius 2 is 1.93 bits per heavy atom. The van der Waals surface area contributed by atoms with Crippen molar-refractivity contribution in [2.45, 2.75) is 32.2 Å². The van der Waals surface area contributed by atoms with E-state index >= 15 is 0 Å². The van der Waals surface area contributed by atoms with Gasteiger partial charge in [0.1, 0.15) is 0 Å². The minimum Gasteiger partial charge on any atom is -0.329 e. The zero-order chi connectivity index (χ0) is 19.5. The van der Waals surface area contributed by atoms with Gasteiger partial charge in [0.05, 0.1) is 6.04 Å². The van der Waals surface area contributed by atoms with Crippen molar-refractivity contribution in [3.05, 3.63) is 65.2 Å². The maximum atomic E-state index is 13.3. The fourth-order valence-electron chi connectivity index (χ4n) is 3.71. The zero-order valence-corrected chi connectivity index (χ0v) is 16.3. The van der Waals surface area contributed by atoms with E-state index in [1.54, 1.807) is 6.07 Å². The highest BCUT2D eigenvalue weighted by atomic mass is 16.2. The van der Waals surface area contributed by atoms with Crippen molar-refractivity contribution in [1.82, 2.24) is 10.2 Å². The van der Waals surface area contributed by atoms with Crippen LogP contribution in [0.15, 0.2) is 48.5 Å². The largest absolute Gasteiger partial charge is 0.329 e. The Kier molecular flexibility index (Phi) is 5.44. The third kappa shape index (κ3) is 4.09. The van der Waals surface area contributed by atoms with Crippen LogP contribution in [0.2, 0.25) is 0 Å². The first-order valence-corrected chi connectivity index (χ1v) is 10.2. The van der Waals surface area contributed by atoms with Crippen molar-refractivity contribution in [2.75, 3.05) is 25.0 Å². The molecule has 1 saturated carbocycles. The lowest BCUT2D eigenvalue weighted by molar-refractivity contribution is -0.117. The predicted octanol–water partition coefficient (Wildman–Crippen LogP) is 3.38. The minimum absolute atomic E-state index is 0.00795. The number of aryl methyl sites for hydroxylation is 1. The third-order valence-corrected chi connectivity index (χ3v) is 5.60. The highest BCUT2D eigenvalue weighted by Gasteiger charge is 2.31. The van der Waals surface area contributed by atoms with Crippen LogP contribution in [0.5, 0.6) is 0 Å². The highest BCUT2D eigenvalue weighted by Crippen LogP contribution is 2.30. The summed E-state index contributed by atoms with van der Waals surface area (Å²) in [5.74, 6) is 0.206. The molecule has 0 bridgehead atoms. The van der Waals surface area contributed by atoms with Gasteiger partial charge >= 0.3 is 0 Å². The number of carbonyl (C=O) groups excluding carboxylic acids is 2. The van der Waals surface area contributed by atoms with Crippen LogP contribution in [0.3, 0.4) is 0 Å². The van der Waals surface area contributed by atoms with Gasteiger partial charge in [-0.2, -0.15) is 0 Å². The summed E-state index contributed by atoms with van der Waals surface area (Å²) in [5, 5.41) is 6.34. The van der Waals surface area contributed by atoms with E-state index in [-0.39, 0.29) is 23.8 Å². The van der Waals surface area contributed by atoms with Crippen LogP contribution in [0.4, 0.5) is 5.69 Å². The molecule has 0 radical (unpaired) electrons. The molecule has 5 nitrogen and oxygen atoms in total. The first kappa shape index (κ1) is 18.7. The molecule has 2 amide bonds. The van der Waals surface area contributed by atoms with Gasteiger partial charge in [-0.15, -0.1) is 0 Å². The van der Waals surface area contributed by atoms with E-state index in [0.29, 0.717) is 17.8 Å². The number of rotatable bonds is 5. The van der Waals surface area contributed by atoms with Crippen molar-refractivity contribution in [3.8, 4) is 0 Å². The monoisotopic (exact) mass is 377 g/mol. The van der Waals surface area contributed by atoms with Gasteiger partial charge in [-0.05, 0) is 48.6 Å². The molecule has 1 saturated heterocycles. The molecule has 2 fully saturated rings. The summed E-state index contributed by atoms with van der Waals surface area (Å²) >= 11 is 0. The van der Waals surface area contributed by atoms with Crippen LogP contribution >= 0.6 is 0 Å². The van der Waals surface area contributed by atoms with Gasteiger partial charge in [-0.25, -0.2) is 0 Å². The van der Waals surface area contributed by atoms with E-state index in [4.69, 9.17) is 0 Å². The van der Waals surface area contributed by atoms with E-state index in [9.17, 15) is 9.59 Å². The first-order valence-electron chi connectivity index (χ1n) is 10.2. The zero-order valence-electron chi connectivity index (χ0n) is 16.3. The molecule has 2 N–H and O–H groups in total. The fraction of sp³-hybridized carbons (Fsp3) is 0.391. The Morgan fingerprint density at radius 3 is 2.64 bits per heavy atom. The van der Waals surface area contributed by atoms with Gasteiger partial charge in [-0.1, -0.05) is 37.3 Å². The molecule has 1 aliphatic carbocycles. The number of nitrogens with zero attached hydrogens (tertiary/aromatic N) is 1. The summed E-state index contributed by atoms with van der Waals surface area (Å²) in [7, 11) is 0. The van der Waals surface area contributed by atoms with Crippen LogP contribution in [0, 0.1) is 5.92 Å². The van der Waals surface area contributed by atoms with Gasteiger partial charge in [0.2, 0.25) is 5.91 Å². The van der Waals surface area contributed by atoms with E-state index < -0.39 is 0 Å². The Balaban J connectivity index is 1.53. The van der Waals surface area contributed by atoms with E-state index in [1.807, 2.05) is 23.1 Å². The second-order valence-corrected chi connectivity index (χ2v) is 7.66. The molecule has 1 atom stereocenters. The van der Waals surface area contributed by atoms with Crippen LogP contribution < -0.4 is 10.6 Å². The standard InChI is InChI=1S/C23H27N3O2/c1-2-16-6-8-17(9-7-16)21-15-24-12-13-26(21)23(28)19-4-3-5-20(14-19)25-22(27)18-10-11-18/h3-9,14,18,21,24H,2,10-13,15H2,1H3,(H,25,27). The molecule has 28 heavy (non-hydrogen) atoms. The number of carbonyl (C=O) groups is 2. The summed E-state index contributed by atoms with van der Waals surface area (Å²) in [6.07, 6.45) is 2.93. The molecule has 2 aromatic rings.